The highest BCUT2D eigenvalue weighted by Crippen LogP contribution is 2.27. The van der Waals surface area contributed by atoms with Crippen molar-refractivity contribution in [3.05, 3.63) is 47.3 Å². The van der Waals surface area contributed by atoms with Crippen LogP contribution in [0.25, 0.3) is 0 Å². The molecule has 8 heteroatoms. The van der Waals surface area contributed by atoms with Gasteiger partial charge in [0, 0.05) is 26.2 Å². The molecule has 0 atom stereocenters. The van der Waals surface area contributed by atoms with Gasteiger partial charge in [-0.3, -0.25) is 0 Å². The molecular formula is C14H14F2N2O2S2. The average molecular weight is 344 g/mol. The number of halogens is 2. The van der Waals surface area contributed by atoms with Gasteiger partial charge < -0.3 is 4.90 Å². The van der Waals surface area contributed by atoms with Crippen LogP contribution < -0.4 is 4.90 Å². The number of hydrogen-bond acceptors (Lipinski definition) is 4. The van der Waals surface area contributed by atoms with Crippen molar-refractivity contribution in [1.29, 1.82) is 0 Å². The zero-order valence-corrected chi connectivity index (χ0v) is 13.2. The molecule has 1 fully saturated rings. The van der Waals surface area contributed by atoms with Crippen molar-refractivity contribution in [3.63, 3.8) is 0 Å². The van der Waals surface area contributed by atoms with Crippen LogP contribution in [0.4, 0.5) is 14.5 Å². The summed E-state index contributed by atoms with van der Waals surface area (Å²) >= 11 is 1.16. The third-order valence-corrected chi connectivity index (χ3v) is 6.85. The van der Waals surface area contributed by atoms with Gasteiger partial charge >= 0.3 is 0 Å². The van der Waals surface area contributed by atoms with E-state index in [1.165, 1.54) is 22.5 Å². The Hall–Kier alpha value is -1.51. The predicted molar refractivity (Wildman–Crippen MR) is 81.6 cm³/mol. The van der Waals surface area contributed by atoms with E-state index in [0.29, 0.717) is 0 Å². The molecule has 1 saturated heterocycles. The molecule has 0 saturated carbocycles. The number of hydrogen-bond donors (Lipinski definition) is 0. The van der Waals surface area contributed by atoms with Crippen LogP contribution in [0.3, 0.4) is 0 Å². The van der Waals surface area contributed by atoms with Crippen molar-refractivity contribution in [3.8, 4) is 0 Å². The molecule has 0 amide bonds. The fourth-order valence-electron chi connectivity index (χ4n) is 2.48. The molecule has 2 heterocycles. The van der Waals surface area contributed by atoms with Gasteiger partial charge in [-0.05, 0) is 23.6 Å². The second kappa shape index (κ2) is 5.94. The fraction of sp³-hybridized carbons (Fsp3) is 0.286. The third kappa shape index (κ3) is 2.73. The van der Waals surface area contributed by atoms with E-state index in [4.69, 9.17) is 0 Å². The summed E-state index contributed by atoms with van der Waals surface area (Å²) in [5.41, 5.74) is -0.0873. The van der Waals surface area contributed by atoms with Gasteiger partial charge in [-0.2, -0.15) is 4.31 Å². The van der Waals surface area contributed by atoms with Crippen molar-refractivity contribution >= 4 is 27.0 Å². The minimum absolute atomic E-state index is 0.0873. The molecule has 0 unspecified atom stereocenters. The summed E-state index contributed by atoms with van der Waals surface area (Å²) in [6.07, 6.45) is 0. The van der Waals surface area contributed by atoms with Gasteiger partial charge in [-0.15, -0.1) is 11.3 Å². The Morgan fingerprint density at radius 1 is 0.955 bits per heavy atom. The maximum absolute atomic E-state index is 13.8. The predicted octanol–water partition coefficient (Wildman–Crippen LogP) is 2.54. The summed E-state index contributed by atoms with van der Waals surface area (Å²) in [5, 5.41) is 1.71. The lowest BCUT2D eigenvalue weighted by Gasteiger charge is -2.35. The summed E-state index contributed by atoms with van der Waals surface area (Å²) in [7, 11) is -3.51. The third-order valence-electron chi connectivity index (χ3n) is 3.58. The molecule has 118 valence electrons. The normalized spacial score (nSPS) is 16.9. The maximum atomic E-state index is 13.8. The van der Waals surface area contributed by atoms with Crippen LogP contribution in [0.5, 0.6) is 0 Å². The van der Waals surface area contributed by atoms with Crippen molar-refractivity contribution in [2.24, 2.45) is 0 Å². The zero-order chi connectivity index (χ0) is 15.7. The topological polar surface area (TPSA) is 40.6 Å². The van der Waals surface area contributed by atoms with Crippen LogP contribution in [0.2, 0.25) is 0 Å². The number of para-hydroxylation sites is 1. The Morgan fingerprint density at radius 2 is 1.59 bits per heavy atom. The van der Waals surface area contributed by atoms with Gasteiger partial charge in [-0.25, -0.2) is 17.2 Å². The van der Waals surface area contributed by atoms with Crippen molar-refractivity contribution in [1.82, 2.24) is 4.31 Å². The highest BCUT2D eigenvalue weighted by atomic mass is 32.2. The molecule has 0 N–H and O–H groups in total. The average Bonchev–Trinajstić information content (AvgIpc) is 3.02. The van der Waals surface area contributed by atoms with E-state index in [0.717, 1.165) is 11.3 Å². The Kier molecular flexibility index (Phi) is 4.16. The van der Waals surface area contributed by atoms with Crippen LogP contribution in [-0.4, -0.2) is 38.9 Å². The highest BCUT2D eigenvalue weighted by Gasteiger charge is 2.30. The summed E-state index contributed by atoms with van der Waals surface area (Å²) in [4.78, 5) is 1.55. The maximum Gasteiger partial charge on any atom is 0.252 e. The van der Waals surface area contributed by atoms with E-state index in [1.54, 1.807) is 22.4 Å². The molecule has 0 bridgehead atoms. The van der Waals surface area contributed by atoms with E-state index < -0.39 is 21.7 Å². The minimum Gasteiger partial charge on any atom is -0.364 e. The van der Waals surface area contributed by atoms with Gasteiger partial charge in [0.2, 0.25) is 0 Å². The van der Waals surface area contributed by atoms with Crippen molar-refractivity contribution in [2.75, 3.05) is 31.1 Å². The second-order valence-electron chi connectivity index (χ2n) is 4.89. The molecule has 3 rings (SSSR count). The Labute approximate surface area is 131 Å². The zero-order valence-electron chi connectivity index (χ0n) is 11.6. The standard InChI is InChI=1S/C14H14F2N2O2S2/c15-11-3-1-4-12(16)14(11)17-6-8-18(9-7-17)22(19,20)13-5-2-10-21-13/h1-5,10H,6-9H2. The number of piperazine rings is 1. The van der Waals surface area contributed by atoms with Crippen LogP contribution >= 0.6 is 11.3 Å². The lowest BCUT2D eigenvalue weighted by Crippen LogP contribution is -2.49. The number of thiophene rings is 1. The number of sulfonamides is 1. The molecule has 0 aliphatic carbocycles. The van der Waals surface area contributed by atoms with E-state index >= 15 is 0 Å². The monoisotopic (exact) mass is 344 g/mol. The number of nitrogens with zero attached hydrogens (tertiary/aromatic N) is 2. The van der Waals surface area contributed by atoms with Gasteiger partial charge in [0.1, 0.15) is 21.5 Å². The quantitative estimate of drug-likeness (QED) is 0.859. The molecule has 4 nitrogen and oxygen atoms in total. The molecule has 2 aromatic rings. The van der Waals surface area contributed by atoms with Gasteiger partial charge in [0.15, 0.2) is 0 Å². The van der Waals surface area contributed by atoms with E-state index in [2.05, 4.69) is 0 Å². The van der Waals surface area contributed by atoms with Gasteiger partial charge in [0.25, 0.3) is 10.0 Å². The first-order valence-electron chi connectivity index (χ1n) is 6.73. The molecule has 1 aromatic carbocycles. The molecule has 1 aliphatic rings. The van der Waals surface area contributed by atoms with E-state index in [9.17, 15) is 17.2 Å². The Bertz CT molecular complexity index is 735. The van der Waals surface area contributed by atoms with Crippen molar-refractivity contribution in [2.45, 2.75) is 4.21 Å². The minimum atomic E-state index is -3.51. The molecular weight excluding hydrogens is 330 g/mol. The van der Waals surface area contributed by atoms with E-state index in [1.807, 2.05) is 0 Å². The molecule has 0 spiro atoms. The van der Waals surface area contributed by atoms with Crippen LogP contribution in [0.15, 0.2) is 39.9 Å². The first kappa shape index (κ1) is 15.4. The number of rotatable bonds is 3. The van der Waals surface area contributed by atoms with Crippen LogP contribution in [0.1, 0.15) is 0 Å². The molecule has 22 heavy (non-hydrogen) atoms. The molecule has 1 aliphatic heterocycles. The summed E-state index contributed by atoms with van der Waals surface area (Å²) in [5.74, 6) is -1.26. The Morgan fingerprint density at radius 3 is 2.14 bits per heavy atom. The summed E-state index contributed by atoms with van der Waals surface area (Å²) < 4.78 is 54.0. The largest absolute Gasteiger partial charge is 0.364 e. The van der Waals surface area contributed by atoms with Crippen LogP contribution in [-0.2, 0) is 10.0 Å². The number of anilines is 1. The number of benzene rings is 1. The Balaban J connectivity index is 1.76. The second-order valence-corrected chi connectivity index (χ2v) is 8.01. The molecule has 1 aromatic heterocycles. The SMILES string of the molecule is O=S(=O)(c1cccs1)N1CCN(c2c(F)cccc2F)CC1. The smallest absolute Gasteiger partial charge is 0.252 e. The fourth-order valence-corrected chi connectivity index (χ4v) is 5.05. The first-order valence-corrected chi connectivity index (χ1v) is 9.05. The molecule has 0 radical (unpaired) electrons. The van der Waals surface area contributed by atoms with Gasteiger partial charge in [-0.1, -0.05) is 12.1 Å². The van der Waals surface area contributed by atoms with Crippen molar-refractivity contribution < 1.29 is 17.2 Å². The van der Waals surface area contributed by atoms with Crippen LogP contribution in [0, 0.1) is 11.6 Å². The first-order chi connectivity index (χ1) is 10.5. The summed E-state index contributed by atoms with van der Waals surface area (Å²) in [6.45, 7) is 0.910. The summed E-state index contributed by atoms with van der Waals surface area (Å²) in [6, 6.07) is 6.96. The highest BCUT2D eigenvalue weighted by molar-refractivity contribution is 7.91. The lowest BCUT2D eigenvalue weighted by atomic mass is 10.2. The lowest BCUT2D eigenvalue weighted by molar-refractivity contribution is 0.382. The van der Waals surface area contributed by atoms with E-state index in [-0.39, 0.29) is 36.1 Å². The van der Waals surface area contributed by atoms with Gasteiger partial charge in [0.05, 0.1) is 0 Å².